The summed E-state index contributed by atoms with van der Waals surface area (Å²) < 4.78 is 16.9. The molecule has 1 atom stereocenters. The van der Waals surface area contributed by atoms with Gasteiger partial charge in [-0.3, -0.25) is 0 Å². The number of benzene rings is 2. The van der Waals surface area contributed by atoms with E-state index in [1.54, 1.807) is 7.11 Å². The molecule has 0 saturated carbocycles. The Morgan fingerprint density at radius 1 is 1.14 bits per heavy atom. The molecule has 1 aliphatic rings. The summed E-state index contributed by atoms with van der Waals surface area (Å²) in [5, 5.41) is 3.46. The number of hydrogen-bond donors (Lipinski definition) is 1. The Hall–Kier alpha value is -1.88. The predicted octanol–water partition coefficient (Wildman–Crippen LogP) is 4.36. The second-order valence-corrected chi connectivity index (χ2v) is 5.68. The number of halogens is 1. The number of methoxy groups -OCH3 is 1. The average Bonchev–Trinajstić information content (AvgIpc) is 2.94. The lowest BCUT2D eigenvalue weighted by molar-refractivity contribution is 0.174. The van der Waals surface area contributed by atoms with Gasteiger partial charge in [-0.1, -0.05) is 6.07 Å². The Morgan fingerprint density at radius 3 is 2.71 bits per heavy atom. The zero-order valence-corrected chi connectivity index (χ0v) is 13.4. The molecule has 0 fully saturated rings. The molecule has 21 heavy (non-hydrogen) atoms. The highest BCUT2D eigenvalue weighted by molar-refractivity contribution is 9.10. The van der Waals surface area contributed by atoms with E-state index in [4.69, 9.17) is 14.2 Å². The van der Waals surface area contributed by atoms with Crippen LogP contribution in [-0.4, -0.2) is 13.9 Å². The van der Waals surface area contributed by atoms with Gasteiger partial charge in [-0.05, 0) is 58.7 Å². The average molecular weight is 350 g/mol. The zero-order chi connectivity index (χ0) is 14.8. The molecule has 0 amide bonds. The van der Waals surface area contributed by atoms with E-state index in [0.29, 0.717) is 6.79 Å². The molecule has 1 unspecified atom stereocenters. The summed E-state index contributed by atoms with van der Waals surface area (Å²) in [6, 6.07) is 12.1. The minimum absolute atomic E-state index is 0.153. The first kappa shape index (κ1) is 14.1. The molecule has 110 valence electrons. The van der Waals surface area contributed by atoms with E-state index in [0.717, 1.165) is 33.0 Å². The van der Waals surface area contributed by atoms with Crippen LogP contribution in [0.2, 0.25) is 0 Å². The molecule has 0 aromatic heterocycles. The van der Waals surface area contributed by atoms with E-state index in [1.165, 1.54) is 0 Å². The van der Waals surface area contributed by atoms with Crippen molar-refractivity contribution in [2.24, 2.45) is 0 Å². The monoisotopic (exact) mass is 349 g/mol. The lowest BCUT2D eigenvalue weighted by Crippen LogP contribution is -2.06. The van der Waals surface area contributed by atoms with Crippen molar-refractivity contribution < 1.29 is 14.2 Å². The van der Waals surface area contributed by atoms with Gasteiger partial charge in [0.15, 0.2) is 11.5 Å². The van der Waals surface area contributed by atoms with Crippen LogP contribution in [0, 0.1) is 0 Å². The highest BCUT2D eigenvalue weighted by Crippen LogP contribution is 2.35. The van der Waals surface area contributed by atoms with E-state index in [-0.39, 0.29) is 6.04 Å². The van der Waals surface area contributed by atoms with Crippen LogP contribution in [0.25, 0.3) is 0 Å². The van der Waals surface area contributed by atoms with E-state index in [2.05, 4.69) is 28.2 Å². The van der Waals surface area contributed by atoms with Crippen LogP contribution in [0.5, 0.6) is 17.2 Å². The number of hydrogen-bond acceptors (Lipinski definition) is 4. The van der Waals surface area contributed by atoms with Crippen LogP contribution in [0.15, 0.2) is 40.9 Å². The molecule has 3 rings (SSSR count). The maximum atomic E-state index is 5.41. The summed E-state index contributed by atoms with van der Waals surface area (Å²) in [6.07, 6.45) is 0. The Labute approximate surface area is 132 Å². The first-order valence-corrected chi connectivity index (χ1v) is 7.46. The molecule has 0 aliphatic carbocycles. The first-order chi connectivity index (χ1) is 10.2. The Kier molecular flexibility index (Phi) is 3.92. The summed E-state index contributed by atoms with van der Waals surface area (Å²) in [7, 11) is 1.66. The minimum atomic E-state index is 0.153. The molecule has 1 N–H and O–H groups in total. The van der Waals surface area contributed by atoms with Gasteiger partial charge in [0.1, 0.15) is 5.75 Å². The van der Waals surface area contributed by atoms with Crippen molar-refractivity contribution in [2.45, 2.75) is 13.0 Å². The molecule has 0 spiro atoms. The van der Waals surface area contributed by atoms with Crippen LogP contribution >= 0.6 is 15.9 Å². The maximum absolute atomic E-state index is 5.41. The summed E-state index contributed by atoms with van der Waals surface area (Å²) in [6.45, 7) is 2.40. The van der Waals surface area contributed by atoms with E-state index >= 15 is 0 Å². The van der Waals surface area contributed by atoms with Crippen molar-refractivity contribution in [2.75, 3.05) is 19.2 Å². The molecule has 4 nitrogen and oxygen atoms in total. The molecule has 2 aromatic carbocycles. The normalized spacial score (nSPS) is 13.9. The van der Waals surface area contributed by atoms with Gasteiger partial charge in [-0.15, -0.1) is 0 Å². The van der Waals surface area contributed by atoms with Crippen molar-refractivity contribution in [1.29, 1.82) is 0 Å². The maximum Gasteiger partial charge on any atom is 0.231 e. The van der Waals surface area contributed by atoms with Gasteiger partial charge in [0.2, 0.25) is 6.79 Å². The molecule has 5 heteroatoms. The molecule has 0 saturated heterocycles. The van der Waals surface area contributed by atoms with Crippen molar-refractivity contribution in [3.63, 3.8) is 0 Å². The van der Waals surface area contributed by atoms with E-state index < -0.39 is 0 Å². The SMILES string of the molecule is COc1ccc(NC(C)c2ccc3c(c2)OCO3)cc1Br. The third-order valence-corrected chi connectivity index (χ3v) is 4.05. The Bertz CT molecular complexity index is 660. The summed E-state index contributed by atoms with van der Waals surface area (Å²) in [4.78, 5) is 0. The van der Waals surface area contributed by atoms with Crippen molar-refractivity contribution in [1.82, 2.24) is 0 Å². The van der Waals surface area contributed by atoms with Gasteiger partial charge < -0.3 is 19.5 Å². The molecule has 0 bridgehead atoms. The van der Waals surface area contributed by atoms with Crippen LogP contribution in [-0.2, 0) is 0 Å². The Balaban J connectivity index is 1.76. The second kappa shape index (κ2) is 5.85. The highest BCUT2D eigenvalue weighted by atomic mass is 79.9. The first-order valence-electron chi connectivity index (χ1n) is 6.67. The zero-order valence-electron chi connectivity index (χ0n) is 11.9. The van der Waals surface area contributed by atoms with E-state index in [9.17, 15) is 0 Å². The third kappa shape index (κ3) is 2.93. The van der Waals surface area contributed by atoms with Crippen molar-refractivity contribution in [3.8, 4) is 17.2 Å². The summed E-state index contributed by atoms with van der Waals surface area (Å²) in [5.74, 6) is 2.42. The number of rotatable bonds is 4. The van der Waals surface area contributed by atoms with Gasteiger partial charge in [0.05, 0.1) is 11.6 Å². The van der Waals surface area contributed by atoms with Gasteiger partial charge in [0, 0.05) is 11.7 Å². The van der Waals surface area contributed by atoms with Crippen LogP contribution in [0.1, 0.15) is 18.5 Å². The van der Waals surface area contributed by atoms with E-state index in [1.807, 2.05) is 36.4 Å². The Morgan fingerprint density at radius 2 is 1.95 bits per heavy atom. The molecule has 1 aliphatic heterocycles. The molecular formula is C16H16BrNO3. The number of fused-ring (bicyclic) bond motifs is 1. The summed E-state index contributed by atoms with van der Waals surface area (Å²) in [5.41, 5.74) is 2.17. The second-order valence-electron chi connectivity index (χ2n) is 4.83. The quantitative estimate of drug-likeness (QED) is 0.890. The number of nitrogens with one attached hydrogen (secondary N) is 1. The molecule has 0 radical (unpaired) electrons. The highest BCUT2D eigenvalue weighted by Gasteiger charge is 2.15. The standard InChI is InChI=1S/C16H16BrNO3/c1-10(11-3-5-15-16(7-11)21-9-20-15)18-12-4-6-14(19-2)13(17)8-12/h3-8,10,18H,9H2,1-2H3. The van der Waals surface area contributed by atoms with Crippen molar-refractivity contribution in [3.05, 3.63) is 46.4 Å². The fourth-order valence-electron chi connectivity index (χ4n) is 2.27. The topological polar surface area (TPSA) is 39.7 Å². The van der Waals surface area contributed by atoms with Gasteiger partial charge in [-0.2, -0.15) is 0 Å². The number of anilines is 1. The smallest absolute Gasteiger partial charge is 0.231 e. The lowest BCUT2D eigenvalue weighted by Gasteiger charge is -2.17. The lowest BCUT2D eigenvalue weighted by atomic mass is 10.1. The van der Waals surface area contributed by atoms with Crippen LogP contribution in [0.4, 0.5) is 5.69 Å². The van der Waals surface area contributed by atoms with Crippen LogP contribution in [0.3, 0.4) is 0 Å². The van der Waals surface area contributed by atoms with Crippen LogP contribution < -0.4 is 19.5 Å². The largest absolute Gasteiger partial charge is 0.496 e. The number of ether oxygens (including phenoxy) is 3. The minimum Gasteiger partial charge on any atom is -0.496 e. The summed E-state index contributed by atoms with van der Waals surface area (Å²) >= 11 is 3.49. The fourth-order valence-corrected chi connectivity index (χ4v) is 2.81. The molecule has 1 heterocycles. The third-order valence-electron chi connectivity index (χ3n) is 3.43. The van der Waals surface area contributed by atoms with Gasteiger partial charge in [0.25, 0.3) is 0 Å². The van der Waals surface area contributed by atoms with Crippen molar-refractivity contribution >= 4 is 21.6 Å². The fraction of sp³-hybridized carbons (Fsp3) is 0.250. The van der Waals surface area contributed by atoms with Gasteiger partial charge in [-0.25, -0.2) is 0 Å². The molecular weight excluding hydrogens is 334 g/mol. The predicted molar refractivity (Wildman–Crippen MR) is 85.3 cm³/mol. The molecule has 2 aromatic rings. The van der Waals surface area contributed by atoms with Gasteiger partial charge >= 0.3 is 0 Å².